The molecule has 0 spiro atoms. The minimum absolute atomic E-state index is 0.529. The predicted octanol–water partition coefficient (Wildman–Crippen LogP) is 4.01. The Labute approximate surface area is 138 Å². The van der Waals surface area contributed by atoms with Crippen molar-refractivity contribution in [3.8, 4) is 11.5 Å². The molecule has 5 nitrogen and oxygen atoms in total. The lowest BCUT2D eigenvalue weighted by Crippen LogP contribution is -2.06. The Hall–Kier alpha value is -2.30. The van der Waals surface area contributed by atoms with Gasteiger partial charge in [-0.25, -0.2) is 0 Å². The maximum Gasteiger partial charge on any atom is 0.149 e. The SMILES string of the molecule is CCC(CC)c1cnnc(NCc2ccc(OC)cc2OC)c1. The second-order valence-electron chi connectivity index (χ2n) is 5.42. The first kappa shape index (κ1) is 17.1. The maximum absolute atomic E-state index is 5.42. The van der Waals surface area contributed by atoms with Crippen LogP contribution in [0, 0.1) is 0 Å². The summed E-state index contributed by atoms with van der Waals surface area (Å²) < 4.78 is 10.6. The molecule has 0 atom stereocenters. The first-order valence-electron chi connectivity index (χ1n) is 7.99. The van der Waals surface area contributed by atoms with Gasteiger partial charge in [0.15, 0.2) is 0 Å². The third-order valence-corrected chi connectivity index (χ3v) is 4.09. The Balaban J connectivity index is 2.10. The first-order chi connectivity index (χ1) is 11.2. The molecule has 0 aliphatic rings. The first-order valence-corrected chi connectivity index (χ1v) is 7.99. The summed E-state index contributed by atoms with van der Waals surface area (Å²) in [5, 5.41) is 11.6. The van der Waals surface area contributed by atoms with Crippen LogP contribution in [-0.4, -0.2) is 24.4 Å². The molecule has 2 rings (SSSR count). The van der Waals surface area contributed by atoms with Crippen molar-refractivity contribution in [3.63, 3.8) is 0 Å². The Kier molecular flexibility index (Phi) is 6.20. The molecule has 0 fully saturated rings. The van der Waals surface area contributed by atoms with Crippen LogP contribution in [0.15, 0.2) is 30.5 Å². The van der Waals surface area contributed by atoms with Crippen LogP contribution in [0.3, 0.4) is 0 Å². The molecule has 0 unspecified atom stereocenters. The van der Waals surface area contributed by atoms with Crippen molar-refractivity contribution in [3.05, 3.63) is 41.6 Å². The average molecular weight is 315 g/mol. The number of nitrogens with zero attached hydrogens (tertiary/aromatic N) is 2. The molecule has 0 amide bonds. The molecule has 0 aliphatic heterocycles. The van der Waals surface area contributed by atoms with E-state index in [0.717, 1.165) is 35.7 Å². The molecule has 1 heterocycles. The van der Waals surface area contributed by atoms with E-state index in [1.54, 1.807) is 14.2 Å². The fourth-order valence-corrected chi connectivity index (χ4v) is 2.64. The summed E-state index contributed by atoms with van der Waals surface area (Å²) in [6, 6.07) is 7.87. The molecule has 0 saturated carbocycles. The van der Waals surface area contributed by atoms with Gasteiger partial charge in [-0.3, -0.25) is 0 Å². The van der Waals surface area contributed by atoms with Crippen LogP contribution in [0.5, 0.6) is 11.5 Å². The van der Waals surface area contributed by atoms with E-state index in [1.807, 2.05) is 24.4 Å². The Morgan fingerprint density at radius 2 is 1.87 bits per heavy atom. The average Bonchev–Trinajstić information content (AvgIpc) is 2.61. The van der Waals surface area contributed by atoms with Crippen LogP contribution >= 0.6 is 0 Å². The molecule has 2 aromatic rings. The second kappa shape index (κ2) is 8.36. The number of hydrogen-bond acceptors (Lipinski definition) is 5. The van der Waals surface area contributed by atoms with Crippen LogP contribution in [0.4, 0.5) is 5.82 Å². The zero-order chi connectivity index (χ0) is 16.7. The molecule has 1 aromatic carbocycles. The number of ether oxygens (including phenoxy) is 2. The van der Waals surface area contributed by atoms with Gasteiger partial charge in [-0.2, -0.15) is 5.10 Å². The number of rotatable bonds is 8. The van der Waals surface area contributed by atoms with Crippen molar-refractivity contribution in [2.45, 2.75) is 39.2 Å². The summed E-state index contributed by atoms with van der Waals surface area (Å²) >= 11 is 0. The van der Waals surface area contributed by atoms with E-state index in [-0.39, 0.29) is 0 Å². The van der Waals surface area contributed by atoms with E-state index >= 15 is 0 Å². The van der Waals surface area contributed by atoms with Gasteiger partial charge in [-0.15, -0.1) is 5.10 Å². The van der Waals surface area contributed by atoms with Crippen molar-refractivity contribution in [1.29, 1.82) is 0 Å². The standard InChI is InChI=1S/C18H25N3O2/c1-5-13(6-2)15-9-18(21-20-12-15)19-11-14-7-8-16(22-3)10-17(14)23-4/h7-10,12-13H,5-6,11H2,1-4H3,(H,19,21). The summed E-state index contributed by atoms with van der Waals surface area (Å²) in [6.45, 7) is 5.02. The normalized spacial score (nSPS) is 10.7. The number of anilines is 1. The minimum Gasteiger partial charge on any atom is -0.497 e. The van der Waals surface area contributed by atoms with E-state index in [4.69, 9.17) is 9.47 Å². The number of hydrogen-bond donors (Lipinski definition) is 1. The topological polar surface area (TPSA) is 56.3 Å². The molecule has 0 bridgehead atoms. The molecule has 0 radical (unpaired) electrons. The lowest BCUT2D eigenvalue weighted by atomic mass is 9.96. The van der Waals surface area contributed by atoms with Gasteiger partial charge in [0.25, 0.3) is 0 Å². The molecule has 1 aromatic heterocycles. The van der Waals surface area contributed by atoms with Gasteiger partial charge >= 0.3 is 0 Å². The Bertz CT molecular complexity index is 627. The van der Waals surface area contributed by atoms with E-state index < -0.39 is 0 Å². The Morgan fingerprint density at radius 1 is 1.09 bits per heavy atom. The van der Waals surface area contributed by atoms with Crippen molar-refractivity contribution < 1.29 is 9.47 Å². The number of aromatic nitrogens is 2. The zero-order valence-electron chi connectivity index (χ0n) is 14.3. The van der Waals surface area contributed by atoms with Gasteiger partial charge < -0.3 is 14.8 Å². The van der Waals surface area contributed by atoms with E-state index in [1.165, 1.54) is 5.56 Å². The summed E-state index contributed by atoms with van der Waals surface area (Å²) in [6.07, 6.45) is 4.07. The van der Waals surface area contributed by atoms with Gasteiger partial charge in [0.05, 0.1) is 20.4 Å². The molecule has 23 heavy (non-hydrogen) atoms. The second-order valence-corrected chi connectivity index (χ2v) is 5.42. The van der Waals surface area contributed by atoms with Gasteiger partial charge in [0, 0.05) is 18.2 Å². The molecule has 124 valence electrons. The van der Waals surface area contributed by atoms with Crippen molar-refractivity contribution >= 4 is 5.82 Å². The highest BCUT2D eigenvalue weighted by atomic mass is 16.5. The van der Waals surface area contributed by atoms with Crippen LogP contribution in [0.1, 0.15) is 43.7 Å². The van der Waals surface area contributed by atoms with Gasteiger partial charge in [-0.05, 0) is 42.5 Å². The summed E-state index contributed by atoms with van der Waals surface area (Å²) in [5.74, 6) is 2.89. The zero-order valence-corrected chi connectivity index (χ0v) is 14.3. The van der Waals surface area contributed by atoms with E-state index in [2.05, 4.69) is 35.4 Å². The summed E-state index contributed by atoms with van der Waals surface area (Å²) in [4.78, 5) is 0. The fourth-order valence-electron chi connectivity index (χ4n) is 2.64. The van der Waals surface area contributed by atoms with Crippen LogP contribution < -0.4 is 14.8 Å². The van der Waals surface area contributed by atoms with Gasteiger partial charge in [0.2, 0.25) is 0 Å². The highest BCUT2D eigenvalue weighted by Gasteiger charge is 2.10. The molecule has 0 aliphatic carbocycles. The van der Waals surface area contributed by atoms with Crippen LogP contribution in [0.25, 0.3) is 0 Å². The third kappa shape index (κ3) is 4.34. The quantitative estimate of drug-likeness (QED) is 0.797. The third-order valence-electron chi connectivity index (χ3n) is 4.09. The lowest BCUT2D eigenvalue weighted by molar-refractivity contribution is 0.391. The number of methoxy groups -OCH3 is 2. The summed E-state index contributed by atoms with van der Waals surface area (Å²) in [7, 11) is 3.30. The number of nitrogens with one attached hydrogen (secondary N) is 1. The molecule has 1 N–H and O–H groups in total. The fraction of sp³-hybridized carbons (Fsp3) is 0.444. The van der Waals surface area contributed by atoms with E-state index in [0.29, 0.717) is 12.5 Å². The smallest absolute Gasteiger partial charge is 0.149 e. The van der Waals surface area contributed by atoms with Crippen molar-refractivity contribution in [1.82, 2.24) is 10.2 Å². The predicted molar refractivity (Wildman–Crippen MR) is 92.2 cm³/mol. The highest BCUT2D eigenvalue weighted by molar-refractivity contribution is 5.44. The molecule has 0 saturated heterocycles. The largest absolute Gasteiger partial charge is 0.497 e. The Morgan fingerprint density at radius 3 is 2.52 bits per heavy atom. The maximum atomic E-state index is 5.42. The van der Waals surface area contributed by atoms with Gasteiger partial charge in [-0.1, -0.05) is 13.8 Å². The van der Waals surface area contributed by atoms with Crippen molar-refractivity contribution in [2.75, 3.05) is 19.5 Å². The monoisotopic (exact) mass is 315 g/mol. The summed E-state index contributed by atoms with van der Waals surface area (Å²) in [5.41, 5.74) is 2.28. The minimum atomic E-state index is 0.529. The highest BCUT2D eigenvalue weighted by Crippen LogP contribution is 2.26. The van der Waals surface area contributed by atoms with Crippen molar-refractivity contribution in [2.24, 2.45) is 0 Å². The molecule has 5 heteroatoms. The number of benzene rings is 1. The van der Waals surface area contributed by atoms with Gasteiger partial charge in [0.1, 0.15) is 17.3 Å². The molecular weight excluding hydrogens is 290 g/mol. The molecular formula is C18H25N3O2. The van der Waals surface area contributed by atoms with E-state index in [9.17, 15) is 0 Å². The van der Waals surface area contributed by atoms with Crippen LogP contribution in [-0.2, 0) is 6.54 Å². The van der Waals surface area contributed by atoms with Crippen LogP contribution in [0.2, 0.25) is 0 Å². The lowest BCUT2D eigenvalue weighted by Gasteiger charge is -2.14.